The van der Waals surface area contributed by atoms with Gasteiger partial charge in [-0.2, -0.15) is 5.26 Å². The van der Waals surface area contributed by atoms with Gasteiger partial charge in [0.1, 0.15) is 5.92 Å². The van der Waals surface area contributed by atoms with Gasteiger partial charge in [0.15, 0.2) is 0 Å². The molecule has 4 heteroatoms. The Hall–Kier alpha value is -1.08. The first-order valence-corrected chi connectivity index (χ1v) is 5.09. The molecular weight excluding hydrogens is 178 g/mol. The van der Waals surface area contributed by atoms with Gasteiger partial charge in [0.2, 0.25) is 5.91 Å². The Morgan fingerprint density at radius 3 is 2.43 bits per heavy atom. The highest BCUT2D eigenvalue weighted by Crippen LogP contribution is 2.06. The van der Waals surface area contributed by atoms with E-state index in [1.807, 2.05) is 6.07 Å². The Balaban J connectivity index is 2.42. The predicted octanol–water partition coefficient (Wildman–Crippen LogP) is 0.310. The summed E-state index contributed by atoms with van der Waals surface area (Å²) >= 11 is 0. The van der Waals surface area contributed by atoms with Crippen LogP contribution in [0.25, 0.3) is 0 Å². The number of hydrogen-bond acceptors (Lipinski definition) is 3. The van der Waals surface area contributed by atoms with Gasteiger partial charge in [0.25, 0.3) is 0 Å². The summed E-state index contributed by atoms with van der Waals surface area (Å²) in [5.41, 5.74) is 0. The number of carbonyl (C=O) groups is 1. The zero-order valence-electron chi connectivity index (χ0n) is 8.86. The van der Waals surface area contributed by atoms with E-state index in [0.29, 0.717) is 0 Å². The van der Waals surface area contributed by atoms with Crippen molar-refractivity contribution in [2.75, 3.05) is 32.7 Å². The van der Waals surface area contributed by atoms with Gasteiger partial charge in [0.05, 0.1) is 6.07 Å². The van der Waals surface area contributed by atoms with Gasteiger partial charge in [-0.05, 0) is 13.5 Å². The number of hydrogen-bond donors (Lipinski definition) is 0. The molecule has 1 saturated heterocycles. The molecule has 1 unspecified atom stereocenters. The number of piperazine rings is 1. The minimum absolute atomic E-state index is 0.0248. The molecule has 0 bridgehead atoms. The summed E-state index contributed by atoms with van der Waals surface area (Å²) < 4.78 is 0. The summed E-state index contributed by atoms with van der Waals surface area (Å²) in [6.07, 6.45) is 0. The van der Waals surface area contributed by atoms with Gasteiger partial charge in [-0.25, -0.2) is 0 Å². The zero-order valence-corrected chi connectivity index (χ0v) is 8.86. The summed E-state index contributed by atoms with van der Waals surface area (Å²) in [7, 11) is 0. The topological polar surface area (TPSA) is 47.3 Å². The van der Waals surface area contributed by atoms with E-state index in [0.717, 1.165) is 32.7 Å². The Kier molecular flexibility index (Phi) is 3.90. The number of likely N-dealkylation sites (N-methyl/N-ethyl adjacent to an activating group) is 1. The number of nitriles is 1. The van der Waals surface area contributed by atoms with Crippen molar-refractivity contribution >= 4 is 5.91 Å². The highest BCUT2D eigenvalue weighted by molar-refractivity contribution is 5.80. The summed E-state index contributed by atoms with van der Waals surface area (Å²) in [5, 5.41) is 8.63. The van der Waals surface area contributed by atoms with Gasteiger partial charge >= 0.3 is 0 Å². The van der Waals surface area contributed by atoms with Gasteiger partial charge in [-0.15, -0.1) is 0 Å². The van der Waals surface area contributed by atoms with E-state index in [1.54, 1.807) is 11.8 Å². The highest BCUT2D eigenvalue weighted by atomic mass is 16.2. The largest absolute Gasteiger partial charge is 0.339 e. The molecule has 1 amide bonds. The van der Waals surface area contributed by atoms with Crippen LogP contribution in [0.1, 0.15) is 13.8 Å². The molecular formula is C10H17N3O. The monoisotopic (exact) mass is 195 g/mol. The molecule has 1 aliphatic rings. The van der Waals surface area contributed by atoms with Crippen molar-refractivity contribution in [2.24, 2.45) is 5.92 Å². The normalized spacial score (nSPS) is 20.2. The van der Waals surface area contributed by atoms with Crippen molar-refractivity contribution in [2.45, 2.75) is 13.8 Å². The lowest BCUT2D eigenvalue weighted by molar-refractivity contribution is -0.135. The third kappa shape index (κ3) is 2.46. The molecule has 0 radical (unpaired) electrons. The average Bonchev–Trinajstić information content (AvgIpc) is 2.27. The predicted molar refractivity (Wildman–Crippen MR) is 53.5 cm³/mol. The van der Waals surface area contributed by atoms with E-state index >= 15 is 0 Å². The van der Waals surface area contributed by atoms with Crippen molar-refractivity contribution in [3.05, 3.63) is 0 Å². The molecule has 0 aromatic rings. The summed E-state index contributed by atoms with van der Waals surface area (Å²) in [6.45, 7) is 8.21. The lowest BCUT2D eigenvalue weighted by Crippen LogP contribution is -2.49. The van der Waals surface area contributed by atoms with E-state index in [1.165, 1.54) is 0 Å². The first kappa shape index (κ1) is 11.0. The van der Waals surface area contributed by atoms with E-state index < -0.39 is 5.92 Å². The second-order valence-electron chi connectivity index (χ2n) is 3.61. The maximum Gasteiger partial charge on any atom is 0.239 e. The molecule has 14 heavy (non-hydrogen) atoms. The van der Waals surface area contributed by atoms with Crippen LogP contribution in [-0.4, -0.2) is 48.4 Å². The van der Waals surface area contributed by atoms with Gasteiger partial charge in [-0.1, -0.05) is 6.92 Å². The fraction of sp³-hybridized carbons (Fsp3) is 0.800. The molecule has 0 N–H and O–H groups in total. The Labute approximate surface area is 85.1 Å². The zero-order chi connectivity index (χ0) is 10.6. The van der Waals surface area contributed by atoms with Crippen LogP contribution in [0.3, 0.4) is 0 Å². The van der Waals surface area contributed by atoms with Crippen LogP contribution in [-0.2, 0) is 4.79 Å². The van der Waals surface area contributed by atoms with E-state index in [9.17, 15) is 4.79 Å². The summed E-state index contributed by atoms with van der Waals surface area (Å²) in [4.78, 5) is 15.7. The van der Waals surface area contributed by atoms with Gasteiger partial charge in [0, 0.05) is 26.2 Å². The molecule has 1 atom stereocenters. The minimum atomic E-state index is -0.497. The van der Waals surface area contributed by atoms with Crippen LogP contribution in [0.4, 0.5) is 0 Å². The van der Waals surface area contributed by atoms with Crippen molar-refractivity contribution in [1.29, 1.82) is 5.26 Å². The quantitative estimate of drug-likeness (QED) is 0.637. The smallest absolute Gasteiger partial charge is 0.239 e. The van der Waals surface area contributed by atoms with Crippen LogP contribution in [0.2, 0.25) is 0 Å². The number of nitrogens with zero attached hydrogens (tertiary/aromatic N) is 3. The third-order valence-corrected chi connectivity index (χ3v) is 2.70. The van der Waals surface area contributed by atoms with Gasteiger partial charge in [-0.3, -0.25) is 4.79 Å². The van der Waals surface area contributed by atoms with E-state index in [2.05, 4.69) is 11.8 Å². The van der Waals surface area contributed by atoms with Crippen LogP contribution >= 0.6 is 0 Å². The van der Waals surface area contributed by atoms with Crippen molar-refractivity contribution in [1.82, 2.24) is 9.80 Å². The van der Waals surface area contributed by atoms with Gasteiger partial charge < -0.3 is 9.80 Å². The minimum Gasteiger partial charge on any atom is -0.339 e. The molecule has 0 spiro atoms. The molecule has 1 heterocycles. The number of amides is 1. The lowest BCUT2D eigenvalue weighted by atomic mass is 10.1. The fourth-order valence-corrected chi connectivity index (χ4v) is 1.61. The molecule has 0 saturated carbocycles. The fourth-order valence-electron chi connectivity index (χ4n) is 1.61. The van der Waals surface area contributed by atoms with E-state index in [-0.39, 0.29) is 5.91 Å². The first-order chi connectivity index (χ1) is 6.69. The molecule has 0 aromatic heterocycles. The first-order valence-electron chi connectivity index (χ1n) is 5.09. The molecule has 0 aromatic carbocycles. The molecule has 1 rings (SSSR count). The standard InChI is InChI=1S/C10H17N3O/c1-3-12-4-6-13(7-5-12)10(14)9(2)8-11/h9H,3-7H2,1-2H3. The summed E-state index contributed by atoms with van der Waals surface area (Å²) in [5.74, 6) is -0.522. The number of carbonyl (C=O) groups excluding carboxylic acids is 1. The molecule has 1 fully saturated rings. The third-order valence-electron chi connectivity index (χ3n) is 2.70. The van der Waals surface area contributed by atoms with Crippen molar-refractivity contribution in [3.8, 4) is 6.07 Å². The SMILES string of the molecule is CCN1CCN(C(=O)C(C)C#N)CC1. The second kappa shape index (κ2) is 4.97. The van der Waals surface area contributed by atoms with Crippen LogP contribution in [0, 0.1) is 17.2 Å². The average molecular weight is 195 g/mol. The van der Waals surface area contributed by atoms with E-state index in [4.69, 9.17) is 5.26 Å². The Morgan fingerprint density at radius 1 is 1.43 bits per heavy atom. The molecule has 0 aliphatic carbocycles. The maximum absolute atomic E-state index is 11.6. The Bertz CT molecular complexity index is 238. The highest BCUT2D eigenvalue weighted by Gasteiger charge is 2.23. The van der Waals surface area contributed by atoms with Crippen molar-refractivity contribution in [3.63, 3.8) is 0 Å². The summed E-state index contributed by atoms with van der Waals surface area (Å²) in [6, 6.07) is 1.98. The van der Waals surface area contributed by atoms with Crippen LogP contribution in [0.15, 0.2) is 0 Å². The molecule has 1 aliphatic heterocycles. The maximum atomic E-state index is 11.6. The Morgan fingerprint density at radius 2 is 2.00 bits per heavy atom. The van der Waals surface area contributed by atoms with Crippen molar-refractivity contribution < 1.29 is 4.79 Å². The molecule has 78 valence electrons. The lowest BCUT2D eigenvalue weighted by Gasteiger charge is -2.34. The second-order valence-corrected chi connectivity index (χ2v) is 3.61. The van der Waals surface area contributed by atoms with Crippen LogP contribution in [0.5, 0.6) is 0 Å². The van der Waals surface area contributed by atoms with Crippen LogP contribution < -0.4 is 0 Å². The molecule has 4 nitrogen and oxygen atoms in total. The number of rotatable bonds is 2.